The molecule has 2 rings (SSSR count). The number of anilines is 1. The number of hydrogen-bond acceptors (Lipinski definition) is 5. The lowest BCUT2D eigenvalue weighted by Gasteiger charge is -2.24. The highest BCUT2D eigenvalue weighted by molar-refractivity contribution is 5.52. The normalized spacial score (nSPS) is 16.4. The minimum Gasteiger partial charge on any atom is -0.488 e. The molecule has 5 nitrogen and oxygen atoms in total. The van der Waals surface area contributed by atoms with Crippen LogP contribution in [-0.2, 0) is 0 Å². The third-order valence-corrected chi connectivity index (χ3v) is 2.70. The SMILES string of the molecule is CC(C)(C)NC[C@H](O)c1ccc2c(n1)NCCO2. The first-order chi connectivity index (χ1) is 8.46. The van der Waals surface area contributed by atoms with Gasteiger partial charge in [0, 0.05) is 12.1 Å². The second-order valence-corrected chi connectivity index (χ2v) is 5.50. The predicted octanol–water partition coefficient (Wildman–Crippen LogP) is 1.31. The zero-order chi connectivity index (χ0) is 13.2. The quantitative estimate of drug-likeness (QED) is 0.756. The Hall–Kier alpha value is -1.33. The van der Waals surface area contributed by atoms with E-state index in [0.29, 0.717) is 24.7 Å². The van der Waals surface area contributed by atoms with Crippen LogP contribution in [0.1, 0.15) is 32.6 Å². The number of aliphatic hydroxyl groups is 1. The number of fused-ring (bicyclic) bond motifs is 1. The van der Waals surface area contributed by atoms with Crippen LogP contribution < -0.4 is 15.4 Å². The molecule has 0 spiro atoms. The van der Waals surface area contributed by atoms with E-state index in [4.69, 9.17) is 4.74 Å². The molecular weight excluding hydrogens is 230 g/mol. The standard InChI is InChI=1S/C13H21N3O2/c1-13(2,3)15-8-10(17)9-4-5-11-12(16-9)14-6-7-18-11/h4-5,10,15,17H,6-8H2,1-3H3,(H,14,16)/t10-/m0/s1. The summed E-state index contributed by atoms with van der Waals surface area (Å²) in [6.07, 6.45) is -0.613. The van der Waals surface area contributed by atoms with Crippen LogP contribution in [0.5, 0.6) is 5.75 Å². The Labute approximate surface area is 108 Å². The van der Waals surface area contributed by atoms with Crippen LogP contribution in [0.2, 0.25) is 0 Å². The topological polar surface area (TPSA) is 66.4 Å². The Morgan fingerprint density at radius 3 is 3.00 bits per heavy atom. The van der Waals surface area contributed by atoms with Gasteiger partial charge in [0.2, 0.25) is 0 Å². The van der Waals surface area contributed by atoms with Crippen molar-refractivity contribution in [2.75, 3.05) is 25.0 Å². The summed E-state index contributed by atoms with van der Waals surface area (Å²) in [5, 5.41) is 16.5. The van der Waals surface area contributed by atoms with Gasteiger partial charge in [-0.3, -0.25) is 0 Å². The van der Waals surface area contributed by atoms with E-state index < -0.39 is 6.10 Å². The first-order valence-corrected chi connectivity index (χ1v) is 6.26. The van der Waals surface area contributed by atoms with Gasteiger partial charge in [-0.05, 0) is 32.9 Å². The summed E-state index contributed by atoms with van der Waals surface area (Å²) in [5.74, 6) is 1.47. The number of nitrogens with zero attached hydrogens (tertiary/aromatic N) is 1. The number of pyridine rings is 1. The summed E-state index contributed by atoms with van der Waals surface area (Å²) in [7, 11) is 0. The fourth-order valence-electron chi connectivity index (χ4n) is 1.73. The fraction of sp³-hybridized carbons (Fsp3) is 0.615. The van der Waals surface area contributed by atoms with Crippen molar-refractivity contribution in [1.82, 2.24) is 10.3 Å². The average molecular weight is 251 g/mol. The molecule has 2 heterocycles. The second-order valence-electron chi connectivity index (χ2n) is 5.50. The van der Waals surface area contributed by atoms with E-state index in [1.54, 1.807) is 6.07 Å². The molecule has 0 aliphatic carbocycles. The van der Waals surface area contributed by atoms with Gasteiger partial charge in [0.15, 0.2) is 11.6 Å². The van der Waals surface area contributed by atoms with Gasteiger partial charge in [0.1, 0.15) is 12.7 Å². The average Bonchev–Trinajstić information content (AvgIpc) is 2.34. The number of aliphatic hydroxyl groups excluding tert-OH is 1. The van der Waals surface area contributed by atoms with Crippen LogP contribution in [0.4, 0.5) is 5.82 Å². The van der Waals surface area contributed by atoms with E-state index in [0.717, 1.165) is 12.3 Å². The molecule has 0 saturated heterocycles. The Morgan fingerprint density at radius 1 is 1.50 bits per heavy atom. The zero-order valence-corrected chi connectivity index (χ0v) is 11.2. The molecule has 0 aromatic carbocycles. The largest absolute Gasteiger partial charge is 0.488 e. The van der Waals surface area contributed by atoms with E-state index in [-0.39, 0.29) is 5.54 Å². The summed E-state index contributed by atoms with van der Waals surface area (Å²) in [6, 6.07) is 3.66. The van der Waals surface area contributed by atoms with Gasteiger partial charge in [0.05, 0.1) is 12.2 Å². The number of hydrogen-bond donors (Lipinski definition) is 3. The summed E-state index contributed by atoms with van der Waals surface area (Å²) < 4.78 is 5.45. The number of β-amino-alcohol motifs (C(OH)–C–C–N with tert-alkyl or cyclic N) is 1. The number of rotatable bonds is 3. The molecule has 1 aromatic heterocycles. The molecule has 18 heavy (non-hydrogen) atoms. The van der Waals surface area contributed by atoms with E-state index in [1.807, 2.05) is 6.07 Å². The van der Waals surface area contributed by atoms with E-state index in [9.17, 15) is 5.11 Å². The lowest BCUT2D eigenvalue weighted by molar-refractivity contribution is 0.159. The maximum atomic E-state index is 10.1. The van der Waals surface area contributed by atoms with E-state index in [2.05, 4.69) is 36.4 Å². The molecule has 1 aromatic rings. The third kappa shape index (κ3) is 3.34. The Bertz CT molecular complexity index is 415. The van der Waals surface area contributed by atoms with Crippen molar-refractivity contribution in [3.63, 3.8) is 0 Å². The van der Waals surface area contributed by atoms with Gasteiger partial charge >= 0.3 is 0 Å². The number of aromatic nitrogens is 1. The van der Waals surface area contributed by atoms with Crippen LogP contribution in [0.15, 0.2) is 12.1 Å². The van der Waals surface area contributed by atoms with Crippen LogP contribution >= 0.6 is 0 Å². The molecule has 0 fully saturated rings. The molecule has 1 aliphatic heterocycles. The summed E-state index contributed by atoms with van der Waals surface area (Å²) in [4.78, 5) is 4.39. The molecule has 1 atom stereocenters. The molecular formula is C13H21N3O2. The first kappa shape index (κ1) is 13.1. The lowest BCUT2D eigenvalue weighted by atomic mass is 10.1. The van der Waals surface area contributed by atoms with E-state index in [1.165, 1.54) is 0 Å². The van der Waals surface area contributed by atoms with Crippen LogP contribution in [0.25, 0.3) is 0 Å². The molecule has 5 heteroatoms. The van der Waals surface area contributed by atoms with Crippen LogP contribution in [0, 0.1) is 0 Å². The van der Waals surface area contributed by atoms with Crippen molar-refractivity contribution in [3.05, 3.63) is 17.8 Å². The van der Waals surface area contributed by atoms with Crippen molar-refractivity contribution in [3.8, 4) is 5.75 Å². The Balaban J connectivity index is 2.04. The van der Waals surface area contributed by atoms with Gasteiger partial charge in [0.25, 0.3) is 0 Å². The van der Waals surface area contributed by atoms with Crippen molar-refractivity contribution in [2.45, 2.75) is 32.4 Å². The molecule has 100 valence electrons. The number of nitrogens with one attached hydrogen (secondary N) is 2. The third-order valence-electron chi connectivity index (χ3n) is 2.70. The summed E-state index contributed by atoms with van der Waals surface area (Å²) in [6.45, 7) is 8.08. The molecule has 0 bridgehead atoms. The van der Waals surface area contributed by atoms with Crippen molar-refractivity contribution >= 4 is 5.82 Å². The fourth-order valence-corrected chi connectivity index (χ4v) is 1.73. The van der Waals surface area contributed by atoms with Crippen molar-refractivity contribution < 1.29 is 9.84 Å². The zero-order valence-electron chi connectivity index (χ0n) is 11.2. The highest BCUT2D eigenvalue weighted by atomic mass is 16.5. The maximum absolute atomic E-state index is 10.1. The second kappa shape index (κ2) is 5.12. The minimum absolute atomic E-state index is 0.0173. The monoisotopic (exact) mass is 251 g/mol. The smallest absolute Gasteiger partial charge is 0.169 e. The first-order valence-electron chi connectivity index (χ1n) is 6.26. The summed E-state index contributed by atoms with van der Waals surface area (Å²) in [5.41, 5.74) is 0.639. The number of ether oxygens (including phenoxy) is 1. The lowest BCUT2D eigenvalue weighted by Crippen LogP contribution is -2.38. The van der Waals surface area contributed by atoms with Gasteiger partial charge < -0.3 is 20.5 Å². The highest BCUT2D eigenvalue weighted by Crippen LogP contribution is 2.26. The van der Waals surface area contributed by atoms with E-state index >= 15 is 0 Å². The van der Waals surface area contributed by atoms with Gasteiger partial charge in [-0.15, -0.1) is 0 Å². The highest BCUT2D eigenvalue weighted by Gasteiger charge is 2.17. The molecule has 0 saturated carbocycles. The molecule has 0 radical (unpaired) electrons. The Morgan fingerprint density at radius 2 is 2.28 bits per heavy atom. The maximum Gasteiger partial charge on any atom is 0.169 e. The van der Waals surface area contributed by atoms with Gasteiger partial charge in [-0.25, -0.2) is 4.98 Å². The predicted molar refractivity (Wildman–Crippen MR) is 70.9 cm³/mol. The summed E-state index contributed by atoms with van der Waals surface area (Å²) >= 11 is 0. The molecule has 3 N–H and O–H groups in total. The Kier molecular flexibility index (Phi) is 3.73. The molecule has 0 unspecified atom stereocenters. The van der Waals surface area contributed by atoms with Crippen LogP contribution in [-0.4, -0.2) is 35.3 Å². The van der Waals surface area contributed by atoms with Gasteiger partial charge in [-0.2, -0.15) is 0 Å². The van der Waals surface area contributed by atoms with Gasteiger partial charge in [-0.1, -0.05) is 0 Å². The van der Waals surface area contributed by atoms with Crippen LogP contribution in [0.3, 0.4) is 0 Å². The van der Waals surface area contributed by atoms with Crippen molar-refractivity contribution in [1.29, 1.82) is 0 Å². The van der Waals surface area contributed by atoms with Crippen molar-refractivity contribution in [2.24, 2.45) is 0 Å². The minimum atomic E-state index is -0.613. The molecule has 1 aliphatic rings. The molecule has 0 amide bonds.